The maximum atomic E-state index is 12.8. The zero-order valence-corrected chi connectivity index (χ0v) is 18.6. The molecule has 0 spiro atoms. The molecule has 1 unspecified atom stereocenters. The fourth-order valence-electron chi connectivity index (χ4n) is 3.49. The third-order valence-corrected chi connectivity index (χ3v) is 5.96. The first-order valence-corrected chi connectivity index (χ1v) is 11.0. The number of quaternary nitrogens is 1. The first kappa shape index (κ1) is 21.8. The molecule has 156 valence electrons. The second-order valence-corrected chi connectivity index (χ2v) is 8.30. The summed E-state index contributed by atoms with van der Waals surface area (Å²) in [5.41, 5.74) is 3.49. The molecule has 7 heteroatoms. The number of amides is 1. The molecule has 30 heavy (non-hydrogen) atoms. The first-order chi connectivity index (χ1) is 14.4. The Hall–Kier alpha value is -2.95. The zero-order valence-electron chi connectivity index (χ0n) is 17.8. The highest BCUT2D eigenvalue weighted by atomic mass is 32.2. The number of rotatable bonds is 8. The zero-order chi connectivity index (χ0) is 21.7. The Morgan fingerprint density at radius 2 is 2.00 bits per heavy atom. The van der Waals surface area contributed by atoms with E-state index in [1.165, 1.54) is 10.5 Å². The highest BCUT2D eigenvalue weighted by Gasteiger charge is 2.21. The van der Waals surface area contributed by atoms with Crippen LogP contribution in [0, 0.1) is 25.2 Å². The summed E-state index contributed by atoms with van der Waals surface area (Å²) in [7, 11) is 1.99. The predicted molar refractivity (Wildman–Crippen MR) is 119 cm³/mol. The fraction of sp³-hybridized carbons (Fsp3) is 0.304. The summed E-state index contributed by atoms with van der Waals surface area (Å²) >= 11 is 1.71. The summed E-state index contributed by atoms with van der Waals surface area (Å²) in [6, 6.07) is 14.3. The lowest BCUT2D eigenvalue weighted by Crippen LogP contribution is -3.08. The van der Waals surface area contributed by atoms with Crippen molar-refractivity contribution in [3.05, 3.63) is 70.8 Å². The molecule has 0 bridgehead atoms. The van der Waals surface area contributed by atoms with Crippen LogP contribution in [0.5, 0.6) is 0 Å². The van der Waals surface area contributed by atoms with Crippen molar-refractivity contribution in [3.63, 3.8) is 0 Å². The molecule has 1 aromatic carbocycles. The molecule has 0 fully saturated rings. The summed E-state index contributed by atoms with van der Waals surface area (Å²) in [4.78, 5) is 15.1. The molecule has 3 aromatic rings. The van der Waals surface area contributed by atoms with E-state index in [0.717, 1.165) is 28.5 Å². The number of carbonyl (C=O) groups is 1. The van der Waals surface area contributed by atoms with Crippen LogP contribution in [-0.2, 0) is 17.9 Å². The summed E-state index contributed by atoms with van der Waals surface area (Å²) in [5.74, 6) is 1.18. The van der Waals surface area contributed by atoms with Gasteiger partial charge in [-0.05, 0) is 49.9 Å². The van der Waals surface area contributed by atoms with Crippen LogP contribution in [-0.4, -0.2) is 30.3 Å². The molecule has 1 amide bonds. The number of likely N-dealkylation sites (N-methyl/N-ethyl adjacent to an activating group) is 1. The number of aromatic nitrogens is 1. The van der Waals surface area contributed by atoms with Gasteiger partial charge in [0.15, 0.2) is 6.54 Å². The summed E-state index contributed by atoms with van der Waals surface area (Å²) in [5, 5.41) is 12.6. The number of carbonyl (C=O) groups excluding carboxylic acids is 1. The van der Waals surface area contributed by atoms with Gasteiger partial charge in [0.2, 0.25) is 0 Å². The van der Waals surface area contributed by atoms with Crippen molar-refractivity contribution in [2.75, 3.05) is 25.2 Å². The van der Waals surface area contributed by atoms with Crippen LogP contribution in [0.4, 0.5) is 5.82 Å². The van der Waals surface area contributed by atoms with Gasteiger partial charge in [0.1, 0.15) is 24.2 Å². The van der Waals surface area contributed by atoms with E-state index < -0.39 is 0 Å². The lowest BCUT2D eigenvalue weighted by Gasteiger charge is -2.16. The number of nitrogens with zero attached hydrogens (tertiary/aromatic N) is 2. The summed E-state index contributed by atoms with van der Waals surface area (Å²) in [6.07, 6.45) is 3.67. The standard InChI is InChI=1S/C23H26N4O2S/c1-16-17(2)27(14-19-6-5-11-29-19)23(21(16)12-24)25-22(28)15-26(3)13-18-7-9-20(30-4)10-8-18/h5-11H,13-15H2,1-4H3,(H,25,28)/p+1. The summed E-state index contributed by atoms with van der Waals surface area (Å²) in [6.45, 7) is 5.36. The molecule has 2 heterocycles. The molecule has 0 aliphatic rings. The van der Waals surface area contributed by atoms with Crippen LogP contribution in [0.2, 0.25) is 0 Å². The second-order valence-electron chi connectivity index (χ2n) is 7.42. The van der Waals surface area contributed by atoms with Crippen LogP contribution in [0.25, 0.3) is 0 Å². The number of nitriles is 1. The van der Waals surface area contributed by atoms with Crippen LogP contribution < -0.4 is 10.2 Å². The monoisotopic (exact) mass is 423 g/mol. The predicted octanol–water partition coefficient (Wildman–Crippen LogP) is 2.99. The Bertz CT molecular complexity index is 1050. The molecule has 0 aliphatic carbocycles. The number of hydrogen-bond acceptors (Lipinski definition) is 4. The van der Waals surface area contributed by atoms with Crippen LogP contribution in [0.1, 0.15) is 28.1 Å². The Morgan fingerprint density at radius 1 is 1.27 bits per heavy atom. The van der Waals surface area contributed by atoms with Crippen molar-refractivity contribution in [2.24, 2.45) is 0 Å². The van der Waals surface area contributed by atoms with Gasteiger partial charge in [-0.1, -0.05) is 12.1 Å². The quantitative estimate of drug-likeness (QED) is 0.546. The van der Waals surface area contributed by atoms with Gasteiger partial charge in [-0.2, -0.15) is 5.26 Å². The van der Waals surface area contributed by atoms with Crippen LogP contribution >= 0.6 is 11.8 Å². The number of nitrogens with one attached hydrogen (secondary N) is 2. The minimum absolute atomic E-state index is 0.122. The van der Waals surface area contributed by atoms with Crippen molar-refractivity contribution in [1.82, 2.24) is 4.57 Å². The topological polar surface area (TPSA) is 75.4 Å². The Kier molecular flexibility index (Phi) is 7.03. The number of benzene rings is 1. The van der Waals surface area contributed by atoms with Crippen molar-refractivity contribution in [3.8, 4) is 6.07 Å². The third kappa shape index (κ3) is 4.96. The van der Waals surface area contributed by atoms with Crippen LogP contribution in [0.3, 0.4) is 0 Å². The molecule has 6 nitrogen and oxygen atoms in total. The van der Waals surface area contributed by atoms with Gasteiger partial charge in [-0.15, -0.1) is 11.8 Å². The van der Waals surface area contributed by atoms with Crippen molar-refractivity contribution < 1.29 is 14.1 Å². The molecule has 1 atom stereocenters. The largest absolute Gasteiger partial charge is 0.467 e. The second kappa shape index (κ2) is 9.70. The Labute approximate surface area is 181 Å². The highest BCUT2D eigenvalue weighted by Crippen LogP contribution is 2.27. The minimum atomic E-state index is -0.122. The van der Waals surface area contributed by atoms with E-state index in [-0.39, 0.29) is 5.91 Å². The molecule has 0 aliphatic heterocycles. The van der Waals surface area contributed by atoms with Gasteiger partial charge in [0, 0.05) is 16.2 Å². The van der Waals surface area contributed by atoms with Crippen LogP contribution in [0.15, 0.2) is 52.0 Å². The molecular formula is C23H27N4O2S+. The van der Waals surface area contributed by atoms with Crippen molar-refractivity contribution in [2.45, 2.75) is 31.8 Å². The van der Waals surface area contributed by atoms with E-state index in [4.69, 9.17) is 4.42 Å². The van der Waals surface area contributed by atoms with E-state index in [0.29, 0.717) is 24.5 Å². The van der Waals surface area contributed by atoms with Gasteiger partial charge >= 0.3 is 0 Å². The lowest BCUT2D eigenvalue weighted by atomic mass is 10.2. The van der Waals surface area contributed by atoms with Gasteiger partial charge in [0.25, 0.3) is 5.91 Å². The smallest absolute Gasteiger partial charge is 0.280 e. The number of hydrogen-bond donors (Lipinski definition) is 2. The summed E-state index contributed by atoms with van der Waals surface area (Å²) < 4.78 is 7.39. The Morgan fingerprint density at radius 3 is 2.60 bits per heavy atom. The molecule has 2 N–H and O–H groups in total. The van der Waals surface area contributed by atoms with Gasteiger partial charge in [0.05, 0.1) is 25.4 Å². The SMILES string of the molecule is CSc1ccc(C[NH+](C)CC(=O)Nc2c(C#N)c(C)c(C)n2Cc2ccco2)cc1. The van der Waals surface area contributed by atoms with E-state index in [1.807, 2.05) is 37.6 Å². The average Bonchev–Trinajstić information content (AvgIpc) is 3.31. The number of thioether (sulfide) groups is 1. The van der Waals surface area contributed by atoms with Gasteiger partial charge in [-0.25, -0.2) is 0 Å². The first-order valence-electron chi connectivity index (χ1n) is 9.79. The van der Waals surface area contributed by atoms with E-state index in [1.54, 1.807) is 18.0 Å². The third-order valence-electron chi connectivity index (χ3n) is 5.22. The lowest BCUT2D eigenvalue weighted by molar-refractivity contribution is -0.885. The molecule has 0 radical (unpaired) electrons. The minimum Gasteiger partial charge on any atom is -0.467 e. The maximum absolute atomic E-state index is 12.8. The van der Waals surface area contributed by atoms with Crippen molar-refractivity contribution in [1.29, 1.82) is 5.26 Å². The molecule has 3 rings (SSSR count). The van der Waals surface area contributed by atoms with Crippen molar-refractivity contribution >= 4 is 23.5 Å². The Balaban J connectivity index is 1.72. The normalized spacial score (nSPS) is 11.8. The molecule has 0 saturated carbocycles. The fourth-order valence-corrected chi connectivity index (χ4v) is 3.90. The molecular weight excluding hydrogens is 396 g/mol. The molecule has 0 saturated heterocycles. The van der Waals surface area contributed by atoms with E-state index >= 15 is 0 Å². The maximum Gasteiger partial charge on any atom is 0.280 e. The van der Waals surface area contributed by atoms with E-state index in [2.05, 4.69) is 41.9 Å². The van der Waals surface area contributed by atoms with E-state index in [9.17, 15) is 10.1 Å². The van der Waals surface area contributed by atoms with Gasteiger partial charge < -0.3 is 19.2 Å². The highest BCUT2D eigenvalue weighted by molar-refractivity contribution is 7.98. The molecule has 2 aromatic heterocycles. The number of anilines is 1. The average molecular weight is 424 g/mol. The van der Waals surface area contributed by atoms with Gasteiger partial charge in [-0.3, -0.25) is 4.79 Å². The number of furan rings is 1.